The highest BCUT2D eigenvalue weighted by atomic mass is 16.7. The number of ether oxygens (including phenoxy) is 3. The number of aryl methyl sites for hydroxylation is 1. The average Bonchev–Trinajstić information content (AvgIpc) is 2.78. The second-order valence-electron chi connectivity index (χ2n) is 7.29. The van der Waals surface area contributed by atoms with Gasteiger partial charge in [-0.05, 0) is 36.2 Å². The number of hydrogen-bond donors (Lipinski definition) is 5. The highest BCUT2D eigenvalue weighted by Gasteiger charge is 2.45. The van der Waals surface area contributed by atoms with Crippen molar-refractivity contribution < 1.29 is 39.4 Å². The Balaban J connectivity index is 1.75. The van der Waals surface area contributed by atoms with Gasteiger partial charge in [0.25, 0.3) is 5.91 Å². The third-order valence-corrected chi connectivity index (χ3v) is 5.17. The summed E-state index contributed by atoms with van der Waals surface area (Å²) in [5.74, 6) is 0.453. The van der Waals surface area contributed by atoms with Crippen LogP contribution in [0.5, 0.6) is 11.5 Å². The van der Waals surface area contributed by atoms with Gasteiger partial charge in [-0.15, -0.1) is 0 Å². The Morgan fingerprint density at radius 1 is 1.06 bits per heavy atom. The number of carbonyl (C=O) groups excluding carboxylic acids is 1. The number of nitrogens with one attached hydrogen (secondary N) is 1. The predicted octanol–water partition coefficient (Wildman–Crippen LogP) is 0.112. The third kappa shape index (κ3) is 5.15. The lowest BCUT2D eigenvalue weighted by Gasteiger charge is -2.39. The van der Waals surface area contributed by atoms with E-state index >= 15 is 0 Å². The molecule has 1 heterocycles. The number of aliphatic hydroxyl groups excluding tert-OH is 4. The lowest BCUT2D eigenvalue weighted by atomic mass is 9.99. The van der Waals surface area contributed by atoms with Crippen LogP contribution in [0.25, 0.3) is 0 Å². The summed E-state index contributed by atoms with van der Waals surface area (Å²) >= 11 is 0. The minimum Gasteiger partial charge on any atom is -0.497 e. The van der Waals surface area contributed by atoms with Gasteiger partial charge in [-0.3, -0.25) is 4.79 Å². The zero-order valence-electron chi connectivity index (χ0n) is 17.3. The van der Waals surface area contributed by atoms with Gasteiger partial charge in [0.1, 0.15) is 35.9 Å². The van der Waals surface area contributed by atoms with Gasteiger partial charge in [-0.25, -0.2) is 0 Å². The van der Waals surface area contributed by atoms with E-state index in [1.54, 1.807) is 38.3 Å². The Bertz CT molecular complexity index is 886. The summed E-state index contributed by atoms with van der Waals surface area (Å²) in [7, 11) is 1.58. The van der Waals surface area contributed by atoms with Crippen molar-refractivity contribution in [1.29, 1.82) is 0 Å². The summed E-state index contributed by atoms with van der Waals surface area (Å²) < 4.78 is 16.2. The molecule has 0 radical (unpaired) electrons. The largest absolute Gasteiger partial charge is 0.497 e. The molecule has 31 heavy (non-hydrogen) atoms. The van der Waals surface area contributed by atoms with Crippen LogP contribution >= 0.6 is 0 Å². The fraction of sp³-hybridized carbons (Fsp3) is 0.409. The van der Waals surface area contributed by atoms with Crippen molar-refractivity contribution in [3.8, 4) is 11.5 Å². The lowest BCUT2D eigenvalue weighted by Crippen LogP contribution is -2.60. The zero-order valence-corrected chi connectivity index (χ0v) is 17.3. The van der Waals surface area contributed by atoms with Crippen molar-refractivity contribution in [2.75, 3.05) is 13.7 Å². The quantitative estimate of drug-likeness (QED) is 0.415. The van der Waals surface area contributed by atoms with E-state index < -0.39 is 43.2 Å². The van der Waals surface area contributed by atoms with Gasteiger partial charge in [-0.1, -0.05) is 24.3 Å². The summed E-state index contributed by atoms with van der Waals surface area (Å²) in [4.78, 5) is 12.9. The Kier molecular flexibility index (Phi) is 7.47. The van der Waals surface area contributed by atoms with Crippen molar-refractivity contribution in [3.05, 3.63) is 59.2 Å². The second-order valence-corrected chi connectivity index (χ2v) is 7.29. The van der Waals surface area contributed by atoms with Gasteiger partial charge in [0.15, 0.2) is 0 Å². The van der Waals surface area contributed by atoms with Crippen LogP contribution in [-0.2, 0) is 11.3 Å². The fourth-order valence-electron chi connectivity index (χ4n) is 3.33. The van der Waals surface area contributed by atoms with E-state index in [0.29, 0.717) is 11.3 Å². The van der Waals surface area contributed by atoms with Gasteiger partial charge in [0.2, 0.25) is 6.29 Å². The fourth-order valence-corrected chi connectivity index (χ4v) is 3.33. The number of benzene rings is 2. The van der Waals surface area contributed by atoms with Crippen LogP contribution in [0, 0.1) is 6.92 Å². The first-order valence-electron chi connectivity index (χ1n) is 9.83. The molecule has 5 atom stereocenters. The average molecular weight is 433 g/mol. The van der Waals surface area contributed by atoms with Crippen molar-refractivity contribution >= 4 is 5.91 Å². The molecule has 1 amide bonds. The Morgan fingerprint density at radius 3 is 2.42 bits per heavy atom. The molecule has 1 aliphatic heterocycles. The molecule has 0 bridgehead atoms. The maximum atomic E-state index is 12.9. The highest BCUT2D eigenvalue weighted by Crippen LogP contribution is 2.28. The molecule has 168 valence electrons. The van der Waals surface area contributed by atoms with Crippen LogP contribution in [0.1, 0.15) is 21.5 Å². The van der Waals surface area contributed by atoms with E-state index in [0.717, 1.165) is 5.56 Å². The van der Waals surface area contributed by atoms with E-state index in [1.165, 1.54) is 6.07 Å². The van der Waals surface area contributed by atoms with Gasteiger partial charge >= 0.3 is 0 Å². The van der Waals surface area contributed by atoms with Crippen LogP contribution in [-0.4, -0.2) is 70.8 Å². The molecule has 3 rings (SSSR count). The van der Waals surface area contributed by atoms with Crippen molar-refractivity contribution in [3.63, 3.8) is 0 Å². The lowest BCUT2D eigenvalue weighted by molar-refractivity contribution is -0.277. The Hall–Kier alpha value is -2.69. The Morgan fingerprint density at radius 2 is 1.77 bits per heavy atom. The standard InChI is InChI=1S/C22H27NO8/c1-12-4-3-5-15(30-22-20(27)19(26)18(25)16(11-24)31-22)17(12)21(28)23-10-13-6-8-14(29-2)9-7-13/h3-9,16,18-20,22,24-27H,10-11H2,1-2H3,(H,23,28)/t16-,18-,19+,20-,22-/m1/s1. The van der Waals surface area contributed by atoms with Crippen LogP contribution < -0.4 is 14.8 Å². The van der Waals surface area contributed by atoms with Crippen LogP contribution in [0.3, 0.4) is 0 Å². The van der Waals surface area contributed by atoms with Crippen LogP contribution in [0.4, 0.5) is 0 Å². The summed E-state index contributed by atoms with van der Waals surface area (Å²) in [5.41, 5.74) is 1.75. The molecule has 1 saturated heterocycles. The smallest absolute Gasteiger partial charge is 0.255 e. The first kappa shape index (κ1) is 23.0. The summed E-state index contributed by atoms with van der Waals surface area (Å²) in [6, 6.07) is 12.2. The monoisotopic (exact) mass is 433 g/mol. The minimum atomic E-state index is -1.58. The van der Waals surface area contributed by atoms with E-state index in [-0.39, 0.29) is 17.9 Å². The van der Waals surface area contributed by atoms with Crippen LogP contribution in [0.2, 0.25) is 0 Å². The highest BCUT2D eigenvalue weighted by molar-refractivity contribution is 5.98. The third-order valence-electron chi connectivity index (χ3n) is 5.17. The number of hydrogen-bond acceptors (Lipinski definition) is 8. The molecule has 1 fully saturated rings. The molecular formula is C22H27NO8. The molecule has 2 aromatic rings. The summed E-state index contributed by atoms with van der Waals surface area (Å²) in [5, 5.41) is 42.3. The molecule has 0 aromatic heterocycles. The SMILES string of the molecule is COc1ccc(CNC(=O)c2c(C)cccc2O[C@@H]2O[C@H](CO)[C@@H](O)[C@H](O)[C@H]2O)cc1. The second kappa shape index (κ2) is 10.1. The van der Waals surface area contributed by atoms with Crippen molar-refractivity contribution in [2.24, 2.45) is 0 Å². The van der Waals surface area contributed by atoms with Crippen LogP contribution in [0.15, 0.2) is 42.5 Å². The van der Waals surface area contributed by atoms with Crippen molar-refractivity contribution in [1.82, 2.24) is 5.32 Å². The maximum absolute atomic E-state index is 12.9. The molecule has 0 spiro atoms. The van der Waals surface area contributed by atoms with Gasteiger partial charge < -0.3 is 40.0 Å². The number of carbonyl (C=O) groups is 1. The molecule has 0 unspecified atom stereocenters. The van der Waals surface area contributed by atoms with Gasteiger partial charge in [-0.2, -0.15) is 0 Å². The summed E-state index contributed by atoms with van der Waals surface area (Å²) in [6.45, 7) is 1.44. The molecule has 9 nitrogen and oxygen atoms in total. The van der Waals surface area contributed by atoms with Gasteiger partial charge in [0, 0.05) is 6.54 Å². The molecular weight excluding hydrogens is 406 g/mol. The normalized spacial score (nSPS) is 25.7. The molecule has 9 heteroatoms. The van der Waals surface area contributed by atoms with E-state index in [9.17, 15) is 25.2 Å². The van der Waals surface area contributed by atoms with E-state index in [4.69, 9.17) is 14.2 Å². The minimum absolute atomic E-state index is 0.136. The topological polar surface area (TPSA) is 138 Å². The number of rotatable bonds is 7. The first-order chi connectivity index (χ1) is 14.8. The first-order valence-corrected chi connectivity index (χ1v) is 9.83. The van der Waals surface area contributed by atoms with Gasteiger partial charge in [0.05, 0.1) is 19.3 Å². The predicted molar refractivity (Wildman–Crippen MR) is 110 cm³/mol. The molecule has 5 N–H and O–H groups in total. The molecule has 0 aliphatic carbocycles. The van der Waals surface area contributed by atoms with E-state index in [1.807, 2.05) is 12.1 Å². The molecule has 2 aromatic carbocycles. The maximum Gasteiger partial charge on any atom is 0.255 e. The number of amides is 1. The number of aliphatic hydroxyl groups is 4. The van der Waals surface area contributed by atoms with E-state index in [2.05, 4.69) is 5.32 Å². The number of methoxy groups -OCH3 is 1. The Labute approximate surface area is 179 Å². The van der Waals surface area contributed by atoms with Crippen molar-refractivity contribution in [2.45, 2.75) is 44.2 Å². The molecule has 1 aliphatic rings. The summed E-state index contributed by atoms with van der Waals surface area (Å²) in [6.07, 6.45) is -7.14. The molecule has 0 saturated carbocycles. The zero-order chi connectivity index (χ0) is 22.5.